The predicted octanol–water partition coefficient (Wildman–Crippen LogP) is 10.8. The molecule has 2 heterocycles. The Morgan fingerprint density at radius 1 is 0.400 bits per heavy atom. The van der Waals surface area contributed by atoms with Crippen LogP contribution in [0.4, 0.5) is 0 Å². The van der Waals surface area contributed by atoms with Crippen molar-refractivity contribution in [3.05, 3.63) is 168 Å². The fraction of sp³-hybridized carbons (Fsp3) is 0. The Balaban J connectivity index is 1.29. The summed E-state index contributed by atoms with van der Waals surface area (Å²) in [7, 11) is 0. The summed E-state index contributed by atoms with van der Waals surface area (Å²) in [5.74, 6) is 0. The number of hydrogen-bond donors (Lipinski definition) is 0. The van der Waals surface area contributed by atoms with Crippen molar-refractivity contribution in [1.29, 1.82) is 15.8 Å². The minimum atomic E-state index is 0.568. The molecule has 0 unspecified atom stereocenters. The molecule has 0 spiro atoms. The molecule has 0 N–H and O–H groups in total. The van der Waals surface area contributed by atoms with E-state index in [4.69, 9.17) is 0 Å². The first kappa shape index (κ1) is 28.8. The summed E-state index contributed by atoms with van der Waals surface area (Å²) in [5.41, 5.74) is 11.7. The van der Waals surface area contributed by atoms with Gasteiger partial charge in [-0.25, -0.2) is 0 Å². The Morgan fingerprint density at radius 2 is 1.04 bits per heavy atom. The van der Waals surface area contributed by atoms with Gasteiger partial charge in [-0.1, -0.05) is 78.9 Å². The van der Waals surface area contributed by atoms with Crippen molar-refractivity contribution in [3.63, 3.8) is 0 Å². The smallest absolute Gasteiger partial charge is 0.0998 e. The summed E-state index contributed by atoms with van der Waals surface area (Å²) < 4.78 is 4.47. The first-order valence-electron chi connectivity index (χ1n) is 16.3. The summed E-state index contributed by atoms with van der Waals surface area (Å²) in [4.78, 5) is 0. The van der Waals surface area contributed by atoms with E-state index in [1.807, 2.05) is 84.9 Å². The van der Waals surface area contributed by atoms with Gasteiger partial charge in [0.1, 0.15) is 0 Å². The number of hydrogen-bond acceptors (Lipinski definition) is 3. The van der Waals surface area contributed by atoms with Crippen molar-refractivity contribution in [1.82, 2.24) is 9.13 Å². The first-order valence-corrected chi connectivity index (χ1v) is 16.3. The summed E-state index contributed by atoms with van der Waals surface area (Å²) in [6.07, 6.45) is 0. The van der Waals surface area contributed by atoms with E-state index in [1.165, 1.54) is 0 Å². The Morgan fingerprint density at radius 3 is 1.84 bits per heavy atom. The van der Waals surface area contributed by atoms with Gasteiger partial charge in [-0.15, -0.1) is 0 Å². The van der Waals surface area contributed by atoms with E-state index in [-0.39, 0.29) is 0 Å². The van der Waals surface area contributed by atoms with Crippen molar-refractivity contribution in [3.8, 4) is 51.8 Å². The molecule has 9 rings (SSSR count). The Bertz CT molecular complexity index is 2970. The molecule has 9 aromatic rings. The van der Waals surface area contributed by atoms with Gasteiger partial charge in [-0.3, -0.25) is 0 Å². The number of rotatable bonds is 4. The highest BCUT2D eigenvalue weighted by molar-refractivity contribution is 6.12. The zero-order chi connectivity index (χ0) is 33.8. The number of fused-ring (bicyclic) bond motifs is 6. The van der Waals surface area contributed by atoms with Crippen LogP contribution < -0.4 is 0 Å². The second kappa shape index (κ2) is 11.4. The van der Waals surface area contributed by atoms with E-state index in [0.29, 0.717) is 16.7 Å². The maximum absolute atomic E-state index is 10.1. The summed E-state index contributed by atoms with van der Waals surface area (Å²) in [6.45, 7) is 0. The SMILES string of the molecule is N#Cc1ccc(-n2c3ccccc3c3cc(C#N)ccc32)c(-c2ccccc2-c2cccc(-n3c4ccccc4c4c(C#N)cccc43)c2)c1. The van der Waals surface area contributed by atoms with Crippen LogP contribution in [0.1, 0.15) is 16.7 Å². The maximum atomic E-state index is 10.1. The lowest BCUT2D eigenvalue weighted by atomic mass is 9.92. The minimum absolute atomic E-state index is 0.568. The third-order valence-electron chi connectivity index (χ3n) is 9.62. The molecule has 0 radical (unpaired) electrons. The van der Waals surface area contributed by atoms with E-state index in [1.54, 1.807) is 0 Å². The van der Waals surface area contributed by atoms with Gasteiger partial charge < -0.3 is 9.13 Å². The van der Waals surface area contributed by atoms with Crippen LogP contribution in [0.5, 0.6) is 0 Å². The Kier molecular flexibility index (Phi) is 6.56. The van der Waals surface area contributed by atoms with Gasteiger partial charge in [0.2, 0.25) is 0 Å². The summed E-state index contributed by atoms with van der Waals surface area (Å²) in [5, 5.41) is 33.8. The van der Waals surface area contributed by atoms with Crippen LogP contribution in [0.15, 0.2) is 152 Å². The van der Waals surface area contributed by atoms with Crippen molar-refractivity contribution in [2.24, 2.45) is 0 Å². The monoisotopic (exact) mass is 635 g/mol. The molecule has 230 valence electrons. The second-order valence-electron chi connectivity index (χ2n) is 12.3. The maximum Gasteiger partial charge on any atom is 0.0998 e. The molecule has 0 atom stereocenters. The van der Waals surface area contributed by atoms with Crippen molar-refractivity contribution < 1.29 is 0 Å². The van der Waals surface area contributed by atoms with E-state index >= 15 is 0 Å². The van der Waals surface area contributed by atoms with Crippen LogP contribution in [0.2, 0.25) is 0 Å². The van der Waals surface area contributed by atoms with Gasteiger partial charge in [0.15, 0.2) is 0 Å². The van der Waals surface area contributed by atoms with Gasteiger partial charge >= 0.3 is 0 Å². The average molecular weight is 636 g/mol. The molecule has 0 fully saturated rings. The lowest BCUT2D eigenvalue weighted by Crippen LogP contribution is -1.99. The number of para-hydroxylation sites is 2. The highest BCUT2D eigenvalue weighted by atomic mass is 15.0. The average Bonchev–Trinajstić information content (AvgIpc) is 3.70. The summed E-state index contributed by atoms with van der Waals surface area (Å²) in [6, 6.07) is 57.9. The lowest BCUT2D eigenvalue weighted by Gasteiger charge is -2.18. The molecule has 0 saturated heterocycles. The quantitative estimate of drug-likeness (QED) is 0.193. The van der Waals surface area contributed by atoms with Gasteiger partial charge in [0.25, 0.3) is 0 Å². The van der Waals surface area contributed by atoms with Gasteiger partial charge in [0.05, 0.1) is 62.7 Å². The van der Waals surface area contributed by atoms with Gasteiger partial charge in [0, 0.05) is 32.8 Å². The van der Waals surface area contributed by atoms with Gasteiger partial charge in [-0.2, -0.15) is 15.8 Å². The van der Waals surface area contributed by atoms with E-state index < -0.39 is 0 Å². The largest absolute Gasteiger partial charge is 0.309 e. The van der Waals surface area contributed by atoms with Crippen LogP contribution in [0, 0.1) is 34.0 Å². The topological polar surface area (TPSA) is 81.2 Å². The zero-order valence-electron chi connectivity index (χ0n) is 26.7. The third kappa shape index (κ3) is 4.31. The third-order valence-corrected chi connectivity index (χ3v) is 9.62. The van der Waals surface area contributed by atoms with E-state index in [0.717, 1.165) is 77.2 Å². The van der Waals surface area contributed by atoms with Crippen LogP contribution in [0.3, 0.4) is 0 Å². The Hall–Kier alpha value is -7.39. The van der Waals surface area contributed by atoms with Crippen molar-refractivity contribution in [2.45, 2.75) is 0 Å². The molecule has 2 aromatic heterocycles. The molecule has 0 bridgehead atoms. The van der Waals surface area contributed by atoms with Crippen molar-refractivity contribution in [2.75, 3.05) is 0 Å². The van der Waals surface area contributed by atoms with Gasteiger partial charge in [-0.05, 0) is 89.5 Å². The number of nitriles is 3. The fourth-order valence-corrected chi connectivity index (χ4v) is 7.49. The Labute approximate surface area is 287 Å². The summed E-state index contributed by atoms with van der Waals surface area (Å²) >= 11 is 0. The number of benzene rings is 7. The number of nitrogens with zero attached hydrogens (tertiary/aromatic N) is 5. The fourth-order valence-electron chi connectivity index (χ4n) is 7.49. The zero-order valence-corrected chi connectivity index (χ0v) is 26.7. The van der Waals surface area contributed by atoms with E-state index in [9.17, 15) is 15.8 Å². The molecular weight excluding hydrogens is 611 g/mol. The molecule has 0 saturated carbocycles. The molecule has 0 aliphatic carbocycles. The van der Waals surface area contributed by atoms with E-state index in [2.05, 4.69) is 94.1 Å². The van der Waals surface area contributed by atoms with Crippen LogP contribution in [-0.2, 0) is 0 Å². The lowest BCUT2D eigenvalue weighted by molar-refractivity contribution is 1.18. The highest BCUT2D eigenvalue weighted by Crippen LogP contribution is 2.41. The highest BCUT2D eigenvalue weighted by Gasteiger charge is 2.20. The standard InChI is InChI=1S/C45H25N5/c46-26-29-19-21-42(50-40-16-5-3-14-36(40)39-24-30(27-47)20-22-43(39)50)38(23-29)35-13-2-1-12-34(35)31-9-7-11-33(25-31)49-41-17-6-4-15-37(41)45-32(28-48)10-8-18-44(45)49/h1-25H. The van der Waals surface area contributed by atoms with Crippen LogP contribution in [0.25, 0.3) is 77.2 Å². The molecule has 0 aliphatic heterocycles. The molecule has 7 aromatic carbocycles. The molecule has 5 heteroatoms. The number of aromatic nitrogens is 2. The minimum Gasteiger partial charge on any atom is -0.309 e. The molecule has 5 nitrogen and oxygen atoms in total. The first-order chi connectivity index (χ1) is 24.7. The molecule has 50 heavy (non-hydrogen) atoms. The second-order valence-corrected chi connectivity index (χ2v) is 12.3. The van der Waals surface area contributed by atoms with Crippen molar-refractivity contribution >= 4 is 43.6 Å². The molecule has 0 amide bonds. The predicted molar refractivity (Wildman–Crippen MR) is 200 cm³/mol. The van der Waals surface area contributed by atoms with Crippen LogP contribution in [-0.4, -0.2) is 9.13 Å². The van der Waals surface area contributed by atoms with Crippen LogP contribution >= 0.6 is 0 Å². The normalized spacial score (nSPS) is 11.1. The molecular formula is C45H25N5. The molecule has 0 aliphatic rings.